The molecular formula is C13H13F2NO5. The molecule has 0 heterocycles. The number of Topliss-reactive ketones (excluding diaryl/α,β-unsaturated/α-hetero) is 1. The first-order valence-corrected chi connectivity index (χ1v) is 5.78. The second kappa shape index (κ2) is 7.44. The standard InChI is InChI=1S/C13H13F2NO5/c1-20-13(19)11(17)6-12(18)16(21-2)7-8-3-4-9(14)5-10(8)15/h3-5H,6-7H2,1-2H3. The van der Waals surface area contributed by atoms with Gasteiger partial charge in [-0.05, 0) is 6.07 Å². The van der Waals surface area contributed by atoms with E-state index in [1.807, 2.05) is 0 Å². The maximum Gasteiger partial charge on any atom is 0.374 e. The zero-order chi connectivity index (χ0) is 16.0. The maximum absolute atomic E-state index is 13.5. The Labute approximate surface area is 119 Å². The zero-order valence-electron chi connectivity index (χ0n) is 11.4. The zero-order valence-corrected chi connectivity index (χ0v) is 11.4. The van der Waals surface area contributed by atoms with Gasteiger partial charge in [-0.2, -0.15) is 0 Å². The minimum Gasteiger partial charge on any atom is -0.463 e. The van der Waals surface area contributed by atoms with E-state index in [1.54, 1.807) is 0 Å². The molecule has 8 heteroatoms. The highest BCUT2D eigenvalue weighted by Crippen LogP contribution is 2.13. The van der Waals surface area contributed by atoms with Gasteiger partial charge >= 0.3 is 5.97 Å². The summed E-state index contributed by atoms with van der Waals surface area (Å²) >= 11 is 0. The second-order valence-electron chi connectivity index (χ2n) is 3.94. The highest BCUT2D eigenvalue weighted by molar-refractivity contribution is 6.36. The van der Waals surface area contributed by atoms with Crippen LogP contribution in [0.3, 0.4) is 0 Å². The number of rotatable bonds is 6. The Morgan fingerprint density at radius 3 is 2.38 bits per heavy atom. The number of nitrogens with zero attached hydrogens (tertiary/aromatic N) is 1. The van der Waals surface area contributed by atoms with Crippen LogP contribution < -0.4 is 0 Å². The van der Waals surface area contributed by atoms with Gasteiger partial charge in [-0.15, -0.1) is 0 Å². The van der Waals surface area contributed by atoms with Gasteiger partial charge in [0.25, 0.3) is 5.91 Å². The van der Waals surface area contributed by atoms with E-state index in [2.05, 4.69) is 4.74 Å². The minimum absolute atomic E-state index is 0.00267. The Bertz CT molecular complexity index is 561. The fraction of sp³-hybridized carbons (Fsp3) is 0.308. The fourth-order valence-electron chi connectivity index (χ4n) is 1.47. The molecule has 1 rings (SSSR count). The summed E-state index contributed by atoms with van der Waals surface area (Å²) in [6.07, 6.45) is -0.774. The van der Waals surface area contributed by atoms with Crippen LogP contribution in [-0.2, 0) is 30.5 Å². The Balaban J connectivity index is 2.76. The van der Waals surface area contributed by atoms with Crippen molar-refractivity contribution in [2.75, 3.05) is 14.2 Å². The van der Waals surface area contributed by atoms with Crippen LogP contribution in [-0.4, -0.2) is 36.9 Å². The molecule has 1 aromatic carbocycles. The molecule has 1 amide bonds. The van der Waals surface area contributed by atoms with Crippen molar-refractivity contribution in [1.29, 1.82) is 0 Å². The van der Waals surface area contributed by atoms with Crippen molar-refractivity contribution < 1.29 is 32.7 Å². The number of hydrogen-bond acceptors (Lipinski definition) is 5. The first kappa shape index (κ1) is 16.7. The molecule has 0 fully saturated rings. The van der Waals surface area contributed by atoms with Crippen molar-refractivity contribution in [3.05, 3.63) is 35.4 Å². The summed E-state index contributed by atoms with van der Waals surface area (Å²) in [6.45, 7) is -0.337. The van der Waals surface area contributed by atoms with Gasteiger partial charge in [0.15, 0.2) is 0 Å². The van der Waals surface area contributed by atoms with Gasteiger partial charge in [0, 0.05) is 11.6 Å². The molecule has 0 aliphatic heterocycles. The molecule has 0 radical (unpaired) electrons. The van der Waals surface area contributed by atoms with Crippen LogP contribution in [0.4, 0.5) is 8.78 Å². The number of ether oxygens (including phenoxy) is 1. The second-order valence-corrected chi connectivity index (χ2v) is 3.94. The van der Waals surface area contributed by atoms with Crippen LogP contribution in [0.1, 0.15) is 12.0 Å². The lowest BCUT2D eigenvalue weighted by Crippen LogP contribution is -2.33. The molecule has 0 bridgehead atoms. The van der Waals surface area contributed by atoms with Crippen molar-refractivity contribution >= 4 is 17.7 Å². The van der Waals surface area contributed by atoms with Gasteiger partial charge in [-0.3, -0.25) is 14.4 Å². The molecule has 0 unspecified atom stereocenters. The summed E-state index contributed by atoms with van der Waals surface area (Å²) in [6, 6.07) is 2.83. The summed E-state index contributed by atoms with van der Waals surface area (Å²) in [5.41, 5.74) is -0.00267. The predicted octanol–water partition coefficient (Wildman–Crippen LogP) is 0.987. The summed E-state index contributed by atoms with van der Waals surface area (Å²) in [7, 11) is 2.15. The number of hydroxylamine groups is 2. The van der Waals surface area contributed by atoms with Crippen LogP contribution >= 0.6 is 0 Å². The summed E-state index contributed by atoms with van der Waals surface area (Å²) in [4.78, 5) is 38.7. The third kappa shape index (κ3) is 4.60. The summed E-state index contributed by atoms with van der Waals surface area (Å²) in [5.74, 6) is -4.68. The topological polar surface area (TPSA) is 72.9 Å². The maximum atomic E-state index is 13.5. The van der Waals surface area contributed by atoms with Crippen LogP contribution in [0.5, 0.6) is 0 Å². The Morgan fingerprint density at radius 1 is 1.19 bits per heavy atom. The van der Waals surface area contributed by atoms with Crippen LogP contribution in [0.2, 0.25) is 0 Å². The number of methoxy groups -OCH3 is 1. The van der Waals surface area contributed by atoms with Crippen LogP contribution in [0.25, 0.3) is 0 Å². The van der Waals surface area contributed by atoms with Gasteiger partial charge in [0.2, 0.25) is 5.78 Å². The van der Waals surface area contributed by atoms with E-state index in [0.29, 0.717) is 11.1 Å². The van der Waals surface area contributed by atoms with E-state index < -0.39 is 35.7 Å². The number of hydrogen-bond donors (Lipinski definition) is 0. The van der Waals surface area contributed by atoms with E-state index in [9.17, 15) is 23.2 Å². The minimum atomic E-state index is -1.16. The van der Waals surface area contributed by atoms with Crippen LogP contribution in [0.15, 0.2) is 18.2 Å². The average molecular weight is 301 g/mol. The molecule has 0 aliphatic rings. The quantitative estimate of drug-likeness (QED) is 0.339. The molecule has 1 aromatic rings. The van der Waals surface area contributed by atoms with Crippen molar-refractivity contribution in [3.8, 4) is 0 Å². The third-order valence-corrected chi connectivity index (χ3v) is 2.55. The molecule has 0 saturated carbocycles. The largest absolute Gasteiger partial charge is 0.463 e. The number of amides is 1. The Morgan fingerprint density at radius 2 is 1.86 bits per heavy atom. The van der Waals surface area contributed by atoms with E-state index in [-0.39, 0.29) is 12.1 Å². The number of carbonyl (C=O) groups is 3. The summed E-state index contributed by atoms with van der Waals surface area (Å²) in [5, 5.41) is 0.692. The number of esters is 1. The van der Waals surface area contributed by atoms with Gasteiger partial charge in [0.1, 0.15) is 11.6 Å². The molecule has 6 nitrogen and oxygen atoms in total. The van der Waals surface area contributed by atoms with E-state index in [0.717, 1.165) is 26.4 Å². The lowest BCUT2D eigenvalue weighted by atomic mass is 10.2. The monoisotopic (exact) mass is 301 g/mol. The lowest BCUT2D eigenvalue weighted by Gasteiger charge is -2.19. The number of ketones is 1. The molecule has 0 atom stereocenters. The van der Waals surface area contributed by atoms with E-state index in [4.69, 9.17) is 4.84 Å². The highest BCUT2D eigenvalue weighted by Gasteiger charge is 2.23. The lowest BCUT2D eigenvalue weighted by molar-refractivity contribution is -0.180. The number of halogens is 2. The number of carbonyl (C=O) groups excluding carboxylic acids is 3. The molecule has 0 aliphatic carbocycles. The Kier molecular flexibility index (Phi) is 5.92. The molecule has 0 spiro atoms. The third-order valence-electron chi connectivity index (χ3n) is 2.55. The van der Waals surface area contributed by atoms with Gasteiger partial charge in [0.05, 0.1) is 27.2 Å². The molecule has 21 heavy (non-hydrogen) atoms. The summed E-state index contributed by atoms with van der Waals surface area (Å²) < 4.78 is 30.4. The number of benzene rings is 1. The van der Waals surface area contributed by atoms with E-state index >= 15 is 0 Å². The first-order chi connectivity index (χ1) is 9.88. The normalized spacial score (nSPS) is 10.1. The van der Waals surface area contributed by atoms with Crippen LogP contribution in [0, 0.1) is 11.6 Å². The molecule has 0 saturated heterocycles. The first-order valence-electron chi connectivity index (χ1n) is 5.78. The fourth-order valence-corrected chi connectivity index (χ4v) is 1.47. The van der Waals surface area contributed by atoms with E-state index in [1.165, 1.54) is 0 Å². The Hall–Kier alpha value is -2.35. The van der Waals surface area contributed by atoms with Crippen molar-refractivity contribution in [1.82, 2.24) is 5.06 Å². The molecular weight excluding hydrogens is 288 g/mol. The van der Waals surface area contributed by atoms with Crippen molar-refractivity contribution in [2.24, 2.45) is 0 Å². The molecule has 0 aromatic heterocycles. The predicted molar refractivity (Wildman–Crippen MR) is 65.6 cm³/mol. The molecule has 0 N–H and O–H groups in total. The molecule has 114 valence electrons. The average Bonchev–Trinajstić information content (AvgIpc) is 2.45. The highest BCUT2D eigenvalue weighted by atomic mass is 19.1. The SMILES string of the molecule is COC(=O)C(=O)CC(=O)N(Cc1ccc(F)cc1F)OC. The van der Waals surface area contributed by atoms with Gasteiger partial charge in [-0.25, -0.2) is 18.6 Å². The van der Waals surface area contributed by atoms with Gasteiger partial charge < -0.3 is 4.74 Å². The van der Waals surface area contributed by atoms with Gasteiger partial charge in [-0.1, -0.05) is 6.07 Å². The smallest absolute Gasteiger partial charge is 0.374 e. The van der Waals surface area contributed by atoms with Crippen molar-refractivity contribution in [2.45, 2.75) is 13.0 Å². The van der Waals surface area contributed by atoms with Crippen molar-refractivity contribution in [3.63, 3.8) is 0 Å².